The van der Waals surface area contributed by atoms with E-state index in [0.29, 0.717) is 24.5 Å². The maximum Gasteiger partial charge on any atom is 0.251 e. The number of thiophene rings is 1. The summed E-state index contributed by atoms with van der Waals surface area (Å²) in [7, 11) is 0. The molecule has 0 bridgehead atoms. The molecule has 3 rings (SSSR count). The van der Waals surface area contributed by atoms with E-state index in [-0.39, 0.29) is 5.91 Å². The van der Waals surface area contributed by atoms with E-state index >= 15 is 0 Å². The lowest BCUT2D eigenvalue weighted by atomic mass is 10.2. The number of nitrogens with one attached hydrogen (secondary N) is 1. The summed E-state index contributed by atoms with van der Waals surface area (Å²) in [5, 5.41) is 8.96. The molecule has 0 saturated carbocycles. The fraction of sp³-hybridized carbons (Fsp3) is 0.300. The van der Waals surface area contributed by atoms with Crippen LogP contribution in [0, 0.1) is 13.8 Å². The zero-order valence-electron chi connectivity index (χ0n) is 15.4. The van der Waals surface area contributed by atoms with E-state index in [2.05, 4.69) is 28.0 Å². The number of ether oxygens (including phenoxy) is 1. The molecule has 3 aromatic rings. The molecule has 0 atom stereocenters. The van der Waals surface area contributed by atoms with Crippen LogP contribution in [-0.2, 0) is 12.4 Å². The van der Waals surface area contributed by atoms with Gasteiger partial charge in [0.2, 0.25) is 0 Å². The van der Waals surface area contributed by atoms with Crippen molar-refractivity contribution in [2.24, 2.45) is 0 Å². The van der Waals surface area contributed by atoms with Gasteiger partial charge in [-0.1, -0.05) is 17.3 Å². The lowest BCUT2D eigenvalue weighted by Gasteiger charge is -2.09. The average molecular weight is 403 g/mol. The van der Waals surface area contributed by atoms with Crippen LogP contribution in [-0.4, -0.2) is 23.4 Å². The largest absolute Gasteiger partial charge is 0.489 e. The van der Waals surface area contributed by atoms with Crippen LogP contribution in [0.3, 0.4) is 0 Å². The van der Waals surface area contributed by atoms with Gasteiger partial charge in [-0.15, -0.1) is 11.3 Å². The van der Waals surface area contributed by atoms with Gasteiger partial charge in [0.15, 0.2) is 0 Å². The summed E-state index contributed by atoms with van der Waals surface area (Å²) in [6.45, 7) is 4.75. The molecule has 0 spiro atoms. The smallest absolute Gasteiger partial charge is 0.251 e. The molecule has 142 valence electrons. The Morgan fingerprint density at radius 2 is 2.19 bits per heavy atom. The summed E-state index contributed by atoms with van der Waals surface area (Å²) in [5.74, 6) is 3.18. The molecule has 1 N–H and O–H groups in total. The zero-order chi connectivity index (χ0) is 19.1. The third-order valence-electron chi connectivity index (χ3n) is 4.02. The summed E-state index contributed by atoms with van der Waals surface area (Å²) in [6, 6.07) is 11.4. The Bertz CT molecular complexity index is 856. The lowest BCUT2D eigenvalue weighted by molar-refractivity contribution is 0.0955. The standard InChI is InChI=1S/C20H22N2O3S2/c1-14-19(15(2)25-22-14)12-24-17-6-3-5-16(11-17)20(23)21-8-10-26-13-18-7-4-9-27-18/h3-7,9,11H,8,10,12-13H2,1-2H3,(H,21,23). The molecule has 0 unspecified atom stereocenters. The van der Waals surface area contributed by atoms with Gasteiger partial charge < -0.3 is 14.6 Å². The average Bonchev–Trinajstić information content (AvgIpc) is 3.30. The normalized spacial score (nSPS) is 10.7. The second-order valence-electron chi connectivity index (χ2n) is 6.01. The number of amides is 1. The molecule has 0 aliphatic carbocycles. The van der Waals surface area contributed by atoms with E-state index < -0.39 is 0 Å². The maximum atomic E-state index is 12.3. The van der Waals surface area contributed by atoms with Gasteiger partial charge in [-0.05, 0) is 43.5 Å². The summed E-state index contributed by atoms with van der Waals surface area (Å²) in [6.07, 6.45) is 0. The number of carbonyl (C=O) groups is 1. The van der Waals surface area contributed by atoms with Crippen molar-refractivity contribution in [1.82, 2.24) is 10.5 Å². The van der Waals surface area contributed by atoms with Crippen LogP contribution in [0.25, 0.3) is 0 Å². The molecule has 0 saturated heterocycles. The van der Waals surface area contributed by atoms with Crippen LogP contribution >= 0.6 is 23.1 Å². The third-order valence-corrected chi connectivity index (χ3v) is 6.08. The molecule has 0 radical (unpaired) electrons. The molecule has 0 aliphatic rings. The SMILES string of the molecule is Cc1noc(C)c1COc1cccc(C(=O)NCCSCc2cccs2)c1. The number of carbonyl (C=O) groups excluding carboxylic acids is 1. The van der Waals surface area contributed by atoms with Gasteiger partial charge in [-0.25, -0.2) is 0 Å². The molecule has 2 aromatic heterocycles. The first-order chi connectivity index (χ1) is 13.1. The van der Waals surface area contributed by atoms with Crippen LogP contribution in [0.1, 0.15) is 32.3 Å². The number of hydrogen-bond donors (Lipinski definition) is 1. The molecule has 0 aliphatic heterocycles. The van der Waals surface area contributed by atoms with Gasteiger partial charge in [0.1, 0.15) is 18.1 Å². The van der Waals surface area contributed by atoms with Gasteiger partial charge in [0.25, 0.3) is 5.91 Å². The Labute approximate surface area is 167 Å². The molecule has 2 heterocycles. The number of hydrogen-bond acceptors (Lipinski definition) is 6. The van der Waals surface area contributed by atoms with Crippen LogP contribution in [0.2, 0.25) is 0 Å². The highest BCUT2D eigenvalue weighted by Gasteiger charge is 2.11. The first-order valence-corrected chi connectivity index (χ1v) is 10.7. The van der Waals surface area contributed by atoms with Crippen LogP contribution < -0.4 is 10.1 Å². The van der Waals surface area contributed by atoms with Gasteiger partial charge in [0.05, 0.1) is 11.3 Å². The minimum atomic E-state index is -0.0884. The van der Waals surface area contributed by atoms with Gasteiger partial charge >= 0.3 is 0 Å². The molecule has 1 amide bonds. The maximum absolute atomic E-state index is 12.3. The van der Waals surface area contributed by atoms with E-state index in [9.17, 15) is 4.79 Å². The van der Waals surface area contributed by atoms with Gasteiger partial charge in [-0.3, -0.25) is 4.79 Å². The van der Waals surface area contributed by atoms with Crippen molar-refractivity contribution >= 4 is 29.0 Å². The van der Waals surface area contributed by atoms with Gasteiger partial charge in [0, 0.05) is 28.5 Å². The molecular weight excluding hydrogens is 380 g/mol. The van der Waals surface area contributed by atoms with E-state index in [0.717, 1.165) is 28.5 Å². The number of aromatic nitrogens is 1. The Balaban J connectivity index is 1.45. The topological polar surface area (TPSA) is 64.4 Å². The Morgan fingerprint density at radius 1 is 1.30 bits per heavy atom. The minimum Gasteiger partial charge on any atom is -0.489 e. The highest BCUT2D eigenvalue weighted by molar-refractivity contribution is 7.98. The highest BCUT2D eigenvalue weighted by atomic mass is 32.2. The van der Waals surface area contributed by atoms with Crippen LogP contribution in [0.4, 0.5) is 0 Å². The quantitative estimate of drug-likeness (QED) is 0.530. The van der Waals surface area contributed by atoms with Crippen molar-refractivity contribution in [2.45, 2.75) is 26.2 Å². The van der Waals surface area contributed by atoms with Crippen molar-refractivity contribution in [3.05, 3.63) is 69.2 Å². The van der Waals surface area contributed by atoms with Crippen molar-refractivity contribution in [1.29, 1.82) is 0 Å². The van der Waals surface area contributed by atoms with E-state index in [1.807, 2.05) is 37.7 Å². The fourth-order valence-electron chi connectivity index (χ4n) is 2.50. The van der Waals surface area contributed by atoms with Crippen LogP contribution in [0.15, 0.2) is 46.3 Å². The lowest BCUT2D eigenvalue weighted by Crippen LogP contribution is -2.25. The van der Waals surface area contributed by atoms with Gasteiger partial charge in [-0.2, -0.15) is 11.8 Å². The number of rotatable bonds is 9. The van der Waals surface area contributed by atoms with Crippen molar-refractivity contribution < 1.29 is 14.1 Å². The van der Waals surface area contributed by atoms with E-state index in [1.54, 1.807) is 23.5 Å². The number of benzene rings is 1. The predicted octanol–water partition coefficient (Wildman–Crippen LogP) is 4.60. The second kappa shape index (κ2) is 9.62. The van der Waals surface area contributed by atoms with Crippen molar-refractivity contribution in [2.75, 3.05) is 12.3 Å². The summed E-state index contributed by atoms with van der Waals surface area (Å²) in [5.41, 5.74) is 2.35. The first-order valence-electron chi connectivity index (χ1n) is 8.66. The fourth-order valence-corrected chi connectivity index (χ4v) is 4.20. The van der Waals surface area contributed by atoms with Crippen molar-refractivity contribution in [3.8, 4) is 5.75 Å². The summed E-state index contributed by atoms with van der Waals surface area (Å²) >= 11 is 3.58. The molecular formula is C20H22N2O3S2. The third kappa shape index (κ3) is 5.61. The molecule has 7 heteroatoms. The predicted molar refractivity (Wildman–Crippen MR) is 110 cm³/mol. The van der Waals surface area contributed by atoms with Crippen molar-refractivity contribution in [3.63, 3.8) is 0 Å². The zero-order valence-corrected chi connectivity index (χ0v) is 17.0. The molecule has 5 nitrogen and oxygen atoms in total. The summed E-state index contributed by atoms with van der Waals surface area (Å²) in [4.78, 5) is 13.7. The van der Waals surface area contributed by atoms with E-state index in [4.69, 9.17) is 9.26 Å². The monoisotopic (exact) mass is 402 g/mol. The molecule has 0 fully saturated rings. The van der Waals surface area contributed by atoms with E-state index in [1.165, 1.54) is 4.88 Å². The summed E-state index contributed by atoms with van der Waals surface area (Å²) < 4.78 is 10.9. The second-order valence-corrected chi connectivity index (χ2v) is 8.14. The minimum absolute atomic E-state index is 0.0884. The first kappa shape index (κ1) is 19.5. The van der Waals surface area contributed by atoms with Crippen LogP contribution in [0.5, 0.6) is 5.75 Å². The number of nitrogens with zero attached hydrogens (tertiary/aromatic N) is 1. The molecule has 1 aromatic carbocycles. The Morgan fingerprint density at radius 3 is 2.93 bits per heavy atom. The molecule has 27 heavy (non-hydrogen) atoms. The highest BCUT2D eigenvalue weighted by Crippen LogP contribution is 2.19. The Hall–Kier alpha value is -2.25. The number of thioether (sulfide) groups is 1. The Kier molecular flexibility index (Phi) is 6.95. The number of aryl methyl sites for hydroxylation is 2.